The van der Waals surface area contributed by atoms with E-state index in [1.165, 1.54) is 16.7 Å². The molecule has 0 saturated carbocycles. The van der Waals surface area contributed by atoms with E-state index < -0.39 is 0 Å². The number of carbonyl (C=O) groups excluding carboxylic acids is 1. The average Bonchev–Trinajstić information content (AvgIpc) is 3.72. The van der Waals surface area contributed by atoms with Gasteiger partial charge >= 0.3 is 0 Å². The minimum Gasteiger partial charge on any atom is -0.493 e. The van der Waals surface area contributed by atoms with Crippen LogP contribution in [0.3, 0.4) is 0 Å². The lowest BCUT2D eigenvalue weighted by Gasteiger charge is -2.28. The van der Waals surface area contributed by atoms with Gasteiger partial charge in [-0.15, -0.1) is 0 Å². The number of aromatic nitrogens is 2. The topological polar surface area (TPSA) is 85.4 Å². The van der Waals surface area contributed by atoms with Gasteiger partial charge in [0, 0.05) is 50.3 Å². The predicted octanol–water partition coefficient (Wildman–Crippen LogP) is 6.78. The SMILES string of the molecule is COc1cc(C(=O)N(C)CC(CCN2CCCN(c3nc4ccccc4n3Cc3ccoc3)CC2)c2ccc(C)c(C)c2)cc(OC)c1OC. The Morgan fingerprint density at radius 2 is 1.70 bits per heavy atom. The fourth-order valence-corrected chi connectivity index (χ4v) is 6.98. The molecule has 1 aliphatic rings. The first-order chi connectivity index (χ1) is 24.3. The molecule has 264 valence electrons. The number of carbonyl (C=O) groups is 1. The highest BCUT2D eigenvalue weighted by Crippen LogP contribution is 2.38. The van der Waals surface area contributed by atoms with Crippen LogP contribution in [0.25, 0.3) is 11.0 Å². The van der Waals surface area contributed by atoms with Crippen LogP contribution in [0, 0.1) is 13.8 Å². The van der Waals surface area contributed by atoms with E-state index in [2.05, 4.69) is 64.6 Å². The zero-order chi connectivity index (χ0) is 35.2. The van der Waals surface area contributed by atoms with E-state index in [0.29, 0.717) is 35.9 Å². The molecule has 1 unspecified atom stereocenters. The largest absolute Gasteiger partial charge is 0.493 e. The number of aryl methyl sites for hydroxylation is 2. The summed E-state index contributed by atoms with van der Waals surface area (Å²) in [4.78, 5) is 25.7. The first-order valence-corrected chi connectivity index (χ1v) is 17.4. The molecule has 0 aliphatic carbocycles. The maximum atomic E-state index is 13.8. The molecule has 10 nitrogen and oxygen atoms in total. The van der Waals surface area contributed by atoms with Crippen molar-refractivity contribution in [1.29, 1.82) is 0 Å². The number of likely N-dealkylation sites (N-methyl/N-ethyl adjacent to an activating group) is 1. The van der Waals surface area contributed by atoms with Crippen LogP contribution in [0.5, 0.6) is 17.2 Å². The van der Waals surface area contributed by atoms with Crippen molar-refractivity contribution in [3.05, 3.63) is 101 Å². The average molecular weight is 680 g/mol. The Bertz CT molecular complexity index is 1880. The molecule has 1 atom stereocenters. The summed E-state index contributed by atoms with van der Waals surface area (Å²) in [5.74, 6) is 2.45. The van der Waals surface area contributed by atoms with Crippen molar-refractivity contribution < 1.29 is 23.4 Å². The first-order valence-electron chi connectivity index (χ1n) is 17.4. The minimum absolute atomic E-state index is 0.0955. The Balaban J connectivity index is 1.17. The van der Waals surface area contributed by atoms with Gasteiger partial charge in [-0.05, 0) is 86.8 Å². The normalized spacial score (nSPS) is 14.4. The van der Waals surface area contributed by atoms with E-state index in [-0.39, 0.29) is 11.8 Å². The number of furan rings is 1. The number of hydrogen-bond acceptors (Lipinski definition) is 8. The van der Waals surface area contributed by atoms with Gasteiger partial charge in [-0.3, -0.25) is 4.79 Å². The second-order valence-corrected chi connectivity index (χ2v) is 13.2. The number of methoxy groups -OCH3 is 3. The Morgan fingerprint density at radius 3 is 2.40 bits per heavy atom. The van der Waals surface area contributed by atoms with E-state index >= 15 is 0 Å². The summed E-state index contributed by atoms with van der Waals surface area (Å²) in [7, 11) is 6.55. The molecule has 2 aromatic heterocycles. The Morgan fingerprint density at radius 1 is 0.920 bits per heavy atom. The molecule has 0 radical (unpaired) electrons. The van der Waals surface area contributed by atoms with Crippen LogP contribution in [0.4, 0.5) is 5.95 Å². The number of fused-ring (bicyclic) bond motifs is 1. The fraction of sp³-hybridized carbons (Fsp3) is 0.400. The summed E-state index contributed by atoms with van der Waals surface area (Å²) in [5, 5.41) is 0. The van der Waals surface area contributed by atoms with Crippen LogP contribution >= 0.6 is 0 Å². The lowest BCUT2D eigenvalue weighted by molar-refractivity contribution is 0.0782. The van der Waals surface area contributed by atoms with Crippen LogP contribution in [0.2, 0.25) is 0 Å². The number of ether oxygens (including phenoxy) is 3. The maximum absolute atomic E-state index is 13.8. The third-order valence-corrected chi connectivity index (χ3v) is 9.98. The third-order valence-electron chi connectivity index (χ3n) is 9.98. The molecule has 1 fully saturated rings. The van der Waals surface area contributed by atoms with Crippen LogP contribution in [-0.2, 0) is 6.54 Å². The van der Waals surface area contributed by atoms with Crippen molar-refractivity contribution in [3.8, 4) is 17.2 Å². The number of nitrogens with zero attached hydrogens (tertiary/aromatic N) is 5. The molecule has 3 aromatic carbocycles. The van der Waals surface area contributed by atoms with Crippen LogP contribution in [0.15, 0.2) is 77.6 Å². The second kappa shape index (κ2) is 15.7. The molecule has 10 heteroatoms. The first kappa shape index (κ1) is 34.9. The number of rotatable bonds is 13. The monoisotopic (exact) mass is 679 g/mol. The van der Waals surface area contributed by atoms with E-state index in [0.717, 1.165) is 68.1 Å². The van der Waals surface area contributed by atoms with Crippen molar-refractivity contribution >= 4 is 22.9 Å². The second-order valence-electron chi connectivity index (χ2n) is 13.2. The summed E-state index contributed by atoms with van der Waals surface area (Å²) < 4.78 is 24.2. The highest BCUT2D eigenvalue weighted by molar-refractivity contribution is 5.95. The van der Waals surface area contributed by atoms with Gasteiger partial charge in [0.1, 0.15) is 0 Å². The van der Waals surface area contributed by atoms with Crippen molar-refractivity contribution in [1.82, 2.24) is 19.4 Å². The molecular weight excluding hydrogens is 630 g/mol. The zero-order valence-electron chi connectivity index (χ0n) is 30.1. The molecule has 1 amide bonds. The van der Waals surface area contributed by atoms with Crippen LogP contribution in [-0.4, -0.2) is 92.9 Å². The van der Waals surface area contributed by atoms with Crippen molar-refractivity contribution in [3.63, 3.8) is 0 Å². The number of imidazole rings is 1. The highest BCUT2D eigenvalue weighted by Gasteiger charge is 2.25. The number of benzene rings is 3. The molecule has 50 heavy (non-hydrogen) atoms. The van der Waals surface area contributed by atoms with Gasteiger partial charge in [0.15, 0.2) is 11.5 Å². The molecule has 6 rings (SSSR count). The van der Waals surface area contributed by atoms with Crippen LogP contribution in [0.1, 0.15) is 51.4 Å². The molecule has 3 heterocycles. The van der Waals surface area contributed by atoms with Gasteiger partial charge in [-0.2, -0.15) is 0 Å². The standard InChI is InChI=1S/C40H49N5O5/c1-28-12-13-31(22-29(28)2)32(26-42(3)39(46)33-23-36(47-4)38(49-6)37(24-33)48-5)14-18-43-16-9-17-44(20-19-43)40-41-34-10-7-8-11-35(34)45(40)25-30-15-21-50-27-30/h7-8,10-13,15,21-24,27,32H,9,14,16-20,25-26H2,1-6H3. The van der Waals surface area contributed by atoms with Crippen LogP contribution < -0.4 is 19.1 Å². The summed E-state index contributed by atoms with van der Waals surface area (Å²) in [5.41, 5.74) is 7.53. The summed E-state index contributed by atoms with van der Waals surface area (Å²) in [6, 6.07) is 20.5. The lowest BCUT2D eigenvalue weighted by atomic mass is 9.92. The van der Waals surface area contributed by atoms with Gasteiger partial charge in [0.2, 0.25) is 11.7 Å². The predicted molar refractivity (Wildman–Crippen MR) is 197 cm³/mol. The molecule has 1 aliphatic heterocycles. The number of para-hydroxylation sites is 2. The summed E-state index contributed by atoms with van der Waals surface area (Å²) >= 11 is 0. The summed E-state index contributed by atoms with van der Waals surface area (Å²) in [6.45, 7) is 10.3. The molecular formula is C40H49N5O5. The molecule has 0 spiro atoms. The Labute approximate surface area is 295 Å². The summed E-state index contributed by atoms with van der Waals surface area (Å²) in [6.07, 6.45) is 5.51. The van der Waals surface area contributed by atoms with Gasteiger partial charge in [-0.1, -0.05) is 30.3 Å². The van der Waals surface area contributed by atoms with E-state index in [4.69, 9.17) is 23.6 Å². The van der Waals surface area contributed by atoms with Gasteiger partial charge in [-0.25, -0.2) is 4.98 Å². The number of amides is 1. The third kappa shape index (κ3) is 7.60. The quantitative estimate of drug-likeness (QED) is 0.135. The van der Waals surface area contributed by atoms with Crippen molar-refractivity contribution in [2.24, 2.45) is 0 Å². The van der Waals surface area contributed by atoms with Gasteiger partial charge in [0.25, 0.3) is 5.91 Å². The van der Waals surface area contributed by atoms with Gasteiger partial charge < -0.3 is 37.9 Å². The maximum Gasteiger partial charge on any atom is 0.253 e. The molecule has 1 saturated heterocycles. The Hall–Kier alpha value is -4.96. The number of anilines is 1. The Kier molecular flexibility index (Phi) is 11.0. The highest BCUT2D eigenvalue weighted by atomic mass is 16.5. The molecule has 5 aromatic rings. The van der Waals surface area contributed by atoms with Crippen molar-refractivity contribution in [2.75, 3.05) is 72.5 Å². The van der Waals surface area contributed by atoms with E-state index in [1.807, 2.05) is 30.3 Å². The zero-order valence-corrected chi connectivity index (χ0v) is 30.1. The van der Waals surface area contributed by atoms with Crippen molar-refractivity contribution in [2.45, 2.75) is 39.2 Å². The minimum atomic E-state index is -0.0955. The van der Waals surface area contributed by atoms with Gasteiger partial charge in [0.05, 0.1) is 51.4 Å². The van der Waals surface area contributed by atoms with E-state index in [9.17, 15) is 4.79 Å². The lowest BCUT2D eigenvalue weighted by Crippen LogP contribution is -2.35. The fourth-order valence-electron chi connectivity index (χ4n) is 6.98. The molecule has 0 N–H and O–H groups in total. The smallest absolute Gasteiger partial charge is 0.253 e. The van der Waals surface area contributed by atoms with E-state index in [1.54, 1.807) is 39.7 Å². The number of hydrogen-bond donors (Lipinski definition) is 0. The molecule has 0 bridgehead atoms.